The fourth-order valence-electron chi connectivity index (χ4n) is 4.41. The van der Waals surface area contributed by atoms with Crippen molar-refractivity contribution in [2.45, 2.75) is 18.9 Å². The van der Waals surface area contributed by atoms with Gasteiger partial charge in [0, 0.05) is 69.0 Å². The molecule has 0 radical (unpaired) electrons. The first-order chi connectivity index (χ1) is 15.2. The van der Waals surface area contributed by atoms with Gasteiger partial charge < -0.3 is 19.3 Å². The Morgan fingerprint density at radius 1 is 1.06 bits per heavy atom. The lowest BCUT2D eigenvalue weighted by Gasteiger charge is -2.40. The molecule has 1 amide bonds. The summed E-state index contributed by atoms with van der Waals surface area (Å²) in [5, 5.41) is 0. The Labute approximate surface area is 184 Å². The molecule has 0 aliphatic carbocycles. The zero-order valence-corrected chi connectivity index (χ0v) is 18.3. The van der Waals surface area contributed by atoms with Crippen molar-refractivity contribution in [3.63, 3.8) is 0 Å². The van der Waals surface area contributed by atoms with Gasteiger partial charge in [0.1, 0.15) is 5.75 Å². The average molecular weight is 425 g/mol. The van der Waals surface area contributed by atoms with Crippen molar-refractivity contribution >= 4 is 11.6 Å². The minimum atomic E-state index is 0.110. The highest BCUT2D eigenvalue weighted by atomic mass is 16.5. The number of amides is 1. The summed E-state index contributed by atoms with van der Waals surface area (Å²) in [6.45, 7) is 6.94. The number of benzene rings is 1. The van der Waals surface area contributed by atoms with E-state index >= 15 is 0 Å². The summed E-state index contributed by atoms with van der Waals surface area (Å²) in [5.41, 5.74) is 1.93. The van der Waals surface area contributed by atoms with E-state index in [4.69, 9.17) is 9.47 Å². The van der Waals surface area contributed by atoms with Crippen LogP contribution in [0.25, 0.3) is 0 Å². The van der Waals surface area contributed by atoms with Crippen LogP contribution in [0.2, 0.25) is 0 Å². The molecule has 2 aliphatic rings. The third-order valence-corrected chi connectivity index (χ3v) is 6.29. The standard InChI is InChI=1S/C24H32N4O3/c1-30-23-4-2-21(3-5-23)27-12-8-22(9-13-27)28(15-14-26-16-18-31-19-17-26)24(29)20-6-10-25-11-7-20/h2-7,10-11,22H,8-9,12-19H2,1H3. The second kappa shape index (κ2) is 10.6. The number of carbonyl (C=O) groups is 1. The van der Waals surface area contributed by atoms with Crippen LogP contribution in [0.5, 0.6) is 5.75 Å². The number of pyridine rings is 1. The molecule has 0 bridgehead atoms. The van der Waals surface area contributed by atoms with Gasteiger partial charge in [-0.25, -0.2) is 0 Å². The summed E-state index contributed by atoms with van der Waals surface area (Å²) >= 11 is 0. The van der Waals surface area contributed by atoms with Crippen molar-refractivity contribution in [3.8, 4) is 5.75 Å². The molecule has 2 aliphatic heterocycles. The van der Waals surface area contributed by atoms with Gasteiger partial charge in [0.15, 0.2) is 0 Å². The molecule has 0 N–H and O–H groups in total. The van der Waals surface area contributed by atoms with Crippen molar-refractivity contribution in [1.82, 2.24) is 14.8 Å². The second-order valence-corrected chi connectivity index (χ2v) is 8.10. The second-order valence-electron chi connectivity index (χ2n) is 8.10. The van der Waals surface area contributed by atoms with Gasteiger partial charge in [-0.15, -0.1) is 0 Å². The van der Waals surface area contributed by atoms with Crippen LogP contribution in [-0.2, 0) is 4.74 Å². The maximum atomic E-state index is 13.4. The van der Waals surface area contributed by atoms with Gasteiger partial charge in [-0.2, -0.15) is 0 Å². The number of hydrogen-bond donors (Lipinski definition) is 0. The molecule has 0 spiro atoms. The summed E-state index contributed by atoms with van der Waals surface area (Å²) in [7, 11) is 1.69. The number of nitrogens with zero attached hydrogens (tertiary/aromatic N) is 4. The van der Waals surface area contributed by atoms with E-state index in [2.05, 4.69) is 31.8 Å². The summed E-state index contributed by atoms with van der Waals surface area (Å²) in [5.74, 6) is 0.981. The summed E-state index contributed by atoms with van der Waals surface area (Å²) in [6, 6.07) is 12.1. The highest BCUT2D eigenvalue weighted by Crippen LogP contribution is 2.25. The molecular weight excluding hydrogens is 392 g/mol. The molecule has 2 fully saturated rings. The van der Waals surface area contributed by atoms with Gasteiger partial charge in [-0.3, -0.25) is 14.7 Å². The number of methoxy groups -OCH3 is 1. The van der Waals surface area contributed by atoms with Crippen LogP contribution in [0.4, 0.5) is 5.69 Å². The highest BCUT2D eigenvalue weighted by molar-refractivity contribution is 5.94. The maximum Gasteiger partial charge on any atom is 0.254 e. The van der Waals surface area contributed by atoms with Crippen molar-refractivity contribution < 1.29 is 14.3 Å². The molecule has 1 aromatic carbocycles. The summed E-state index contributed by atoms with van der Waals surface area (Å²) in [6.07, 6.45) is 5.32. The smallest absolute Gasteiger partial charge is 0.254 e. The Hall–Kier alpha value is -2.64. The van der Waals surface area contributed by atoms with E-state index in [1.165, 1.54) is 5.69 Å². The van der Waals surface area contributed by atoms with Crippen molar-refractivity contribution in [2.24, 2.45) is 0 Å². The number of rotatable bonds is 7. The molecule has 166 valence electrons. The molecule has 3 heterocycles. The van der Waals surface area contributed by atoms with Gasteiger partial charge >= 0.3 is 0 Å². The van der Waals surface area contributed by atoms with Gasteiger partial charge in [-0.1, -0.05) is 0 Å². The van der Waals surface area contributed by atoms with Crippen molar-refractivity contribution in [1.29, 1.82) is 0 Å². The first-order valence-corrected chi connectivity index (χ1v) is 11.1. The van der Waals surface area contributed by atoms with Crippen LogP contribution in [0.3, 0.4) is 0 Å². The predicted octanol–water partition coefficient (Wildman–Crippen LogP) is 2.53. The molecular formula is C24H32N4O3. The van der Waals surface area contributed by atoms with E-state index in [9.17, 15) is 4.79 Å². The number of aromatic nitrogens is 1. The van der Waals surface area contributed by atoms with Crippen LogP contribution < -0.4 is 9.64 Å². The van der Waals surface area contributed by atoms with Crippen LogP contribution in [-0.4, -0.2) is 86.3 Å². The molecule has 7 heteroatoms. The summed E-state index contributed by atoms with van der Waals surface area (Å²) < 4.78 is 10.7. The van der Waals surface area contributed by atoms with Crippen LogP contribution >= 0.6 is 0 Å². The Morgan fingerprint density at radius 2 is 1.74 bits per heavy atom. The highest BCUT2D eigenvalue weighted by Gasteiger charge is 2.29. The third-order valence-electron chi connectivity index (χ3n) is 6.29. The molecule has 0 atom stereocenters. The summed E-state index contributed by atoms with van der Waals surface area (Å²) in [4.78, 5) is 24.3. The van der Waals surface area contributed by atoms with Crippen LogP contribution in [0.1, 0.15) is 23.2 Å². The van der Waals surface area contributed by atoms with Gasteiger partial charge in [0.05, 0.1) is 20.3 Å². The average Bonchev–Trinajstić information content (AvgIpc) is 2.86. The van der Waals surface area contributed by atoms with Crippen LogP contribution in [0, 0.1) is 0 Å². The van der Waals surface area contributed by atoms with E-state index in [0.717, 1.165) is 76.6 Å². The predicted molar refractivity (Wildman–Crippen MR) is 121 cm³/mol. The Kier molecular flexibility index (Phi) is 7.38. The molecule has 31 heavy (non-hydrogen) atoms. The molecule has 7 nitrogen and oxygen atoms in total. The van der Waals surface area contributed by atoms with E-state index in [1.54, 1.807) is 19.5 Å². The number of hydrogen-bond acceptors (Lipinski definition) is 6. The first-order valence-electron chi connectivity index (χ1n) is 11.1. The fraction of sp³-hybridized carbons (Fsp3) is 0.500. The quantitative estimate of drug-likeness (QED) is 0.681. The van der Waals surface area contributed by atoms with E-state index in [1.807, 2.05) is 24.3 Å². The van der Waals surface area contributed by atoms with Crippen molar-refractivity contribution in [3.05, 3.63) is 54.4 Å². The number of anilines is 1. The SMILES string of the molecule is COc1ccc(N2CCC(N(CCN3CCOCC3)C(=O)c3ccncc3)CC2)cc1. The topological polar surface area (TPSA) is 58.1 Å². The molecule has 0 saturated carbocycles. The Morgan fingerprint density at radius 3 is 2.39 bits per heavy atom. The lowest BCUT2D eigenvalue weighted by molar-refractivity contribution is 0.0285. The molecule has 4 rings (SSSR count). The minimum Gasteiger partial charge on any atom is -0.497 e. The molecule has 2 aromatic rings. The Balaban J connectivity index is 1.41. The van der Waals surface area contributed by atoms with Crippen molar-refractivity contribution in [2.75, 3.05) is 64.5 Å². The van der Waals surface area contributed by atoms with E-state index in [-0.39, 0.29) is 11.9 Å². The van der Waals surface area contributed by atoms with E-state index < -0.39 is 0 Å². The number of ether oxygens (including phenoxy) is 2. The van der Waals surface area contributed by atoms with Crippen LogP contribution in [0.15, 0.2) is 48.8 Å². The lowest BCUT2D eigenvalue weighted by Crippen LogP contribution is -2.50. The number of morpholine rings is 1. The monoisotopic (exact) mass is 424 g/mol. The maximum absolute atomic E-state index is 13.4. The molecule has 0 unspecified atom stereocenters. The van der Waals surface area contributed by atoms with E-state index in [0.29, 0.717) is 0 Å². The third kappa shape index (κ3) is 5.54. The Bertz CT molecular complexity index is 816. The fourth-order valence-corrected chi connectivity index (χ4v) is 4.41. The zero-order valence-electron chi connectivity index (χ0n) is 18.3. The number of piperidine rings is 1. The normalized spacial score (nSPS) is 18.0. The number of carbonyl (C=O) groups excluding carboxylic acids is 1. The first kappa shape index (κ1) is 21.6. The minimum absolute atomic E-state index is 0.110. The molecule has 1 aromatic heterocycles. The molecule has 2 saturated heterocycles. The van der Waals surface area contributed by atoms with Gasteiger partial charge in [-0.05, 0) is 49.2 Å². The largest absolute Gasteiger partial charge is 0.497 e. The van der Waals surface area contributed by atoms with Gasteiger partial charge in [0.2, 0.25) is 0 Å². The lowest BCUT2D eigenvalue weighted by atomic mass is 10.0. The zero-order chi connectivity index (χ0) is 21.5. The van der Waals surface area contributed by atoms with Gasteiger partial charge in [0.25, 0.3) is 5.91 Å².